The summed E-state index contributed by atoms with van der Waals surface area (Å²) < 4.78 is 5.96. The zero-order valence-electron chi connectivity index (χ0n) is 14.0. The molecule has 1 N–H and O–H groups in total. The molecule has 0 spiro atoms. The molecule has 0 aromatic heterocycles. The fourth-order valence-electron chi connectivity index (χ4n) is 2.66. The van der Waals surface area contributed by atoms with Gasteiger partial charge in [-0.2, -0.15) is 5.10 Å². The highest BCUT2D eigenvalue weighted by Crippen LogP contribution is 2.33. The SMILES string of the molecule is CC1(C)CCc2cc(/C=N\NC(=O)c3cccc(Cl)c3Cl)ccc2O1. The summed E-state index contributed by atoms with van der Waals surface area (Å²) in [5.74, 6) is 0.495. The Bertz CT molecular complexity index is 847. The molecule has 1 aliphatic heterocycles. The summed E-state index contributed by atoms with van der Waals surface area (Å²) in [6.45, 7) is 4.17. The molecular formula is C19H18Cl2N2O2. The molecule has 4 nitrogen and oxygen atoms in total. The van der Waals surface area contributed by atoms with E-state index < -0.39 is 5.91 Å². The molecule has 1 heterocycles. The first kappa shape index (κ1) is 17.8. The van der Waals surface area contributed by atoms with Crippen LogP contribution in [0.3, 0.4) is 0 Å². The minimum absolute atomic E-state index is 0.132. The fourth-order valence-corrected chi connectivity index (χ4v) is 3.05. The number of carbonyl (C=O) groups excluding carboxylic acids is 1. The Balaban J connectivity index is 1.69. The molecule has 0 saturated heterocycles. The van der Waals surface area contributed by atoms with E-state index in [4.69, 9.17) is 27.9 Å². The molecule has 0 fully saturated rings. The average molecular weight is 377 g/mol. The van der Waals surface area contributed by atoms with Crippen molar-refractivity contribution in [1.29, 1.82) is 0 Å². The smallest absolute Gasteiger partial charge is 0.272 e. The number of benzene rings is 2. The molecule has 3 rings (SSSR count). The van der Waals surface area contributed by atoms with Crippen molar-refractivity contribution in [3.8, 4) is 5.75 Å². The first-order valence-electron chi connectivity index (χ1n) is 7.95. The standard InChI is InChI=1S/C19H18Cl2N2O2/c1-19(2)9-8-13-10-12(6-7-16(13)25-19)11-22-23-18(24)14-4-3-5-15(20)17(14)21/h3-7,10-11H,8-9H2,1-2H3,(H,23,24)/b22-11-. The molecule has 25 heavy (non-hydrogen) atoms. The Morgan fingerprint density at radius 3 is 2.88 bits per heavy atom. The molecule has 0 saturated carbocycles. The number of nitrogens with zero attached hydrogens (tertiary/aromatic N) is 1. The monoisotopic (exact) mass is 376 g/mol. The van der Waals surface area contributed by atoms with Crippen LogP contribution < -0.4 is 10.2 Å². The number of rotatable bonds is 3. The maximum absolute atomic E-state index is 12.1. The lowest BCUT2D eigenvalue weighted by molar-refractivity contribution is 0.0846. The zero-order chi connectivity index (χ0) is 18.0. The molecule has 1 amide bonds. The van der Waals surface area contributed by atoms with Crippen LogP contribution in [0.2, 0.25) is 10.0 Å². The minimum Gasteiger partial charge on any atom is -0.488 e. The lowest BCUT2D eigenvalue weighted by atomic mass is 9.93. The van der Waals surface area contributed by atoms with Gasteiger partial charge in [-0.05, 0) is 68.1 Å². The van der Waals surface area contributed by atoms with E-state index in [1.807, 2.05) is 18.2 Å². The van der Waals surface area contributed by atoms with Crippen LogP contribution in [0.4, 0.5) is 0 Å². The Labute approximate surface area is 156 Å². The quantitative estimate of drug-likeness (QED) is 0.614. The maximum atomic E-state index is 12.1. The first-order chi connectivity index (χ1) is 11.9. The third-order valence-corrected chi connectivity index (χ3v) is 4.86. The molecule has 130 valence electrons. The summed E-state index contributed by atoms with van der Waals surface area (Å²) in [5.41, 5.74) is 4.65. The van der Waals surface area contributed by atoms with Crippen LogP contribution in [-0.2, 0) is 6.42 Å². The molecule has 2 aromatic carbocycles. The highest BCUT2D eigenvalue weighted by atomic mass is 35.5. The van der Waals surface area contributed by atoms with Crippen molar-refractivity contribution in [2.75, 3.05) is 0 Å². The predicted molar refractivity (Wildman–Crippen MR) is 101 cm³/mol. The Morgan fingerprint density at radius 2 is 2.08 bits per heavy atom. The van der Waals surface area contributed by atoms with E-state index in [1.165, 1.54) is 0 Å². The van der Waals surface area contributed by atoms with Gasteiger partial charge in [-0.3, -0.25) is 4.79 Å². The summed E-state index contributed by atoms with van der Waals surface area (Å²) in [5, 5.41) is 4.54. The number of carbonyl (C=O) groups is 1. The van der Waals surface area contributed by atoms with E-state index in [1.54, 1.807) is 24.4 Å². The third-order valence-electron chi connectivity index (χ3n) is 4.04. The molecule has 0 bridgehead atoms. The van der Waals surface area contributed by atoms with Gasteiger partial charge in [0.25, 0.3) is 5.91 Å². The predicted octanol–water partition coefficient (Wildman–Crippen LogP) is 4.86. The summed E-state index contributed by atoms with van der Waals surface area (Å²) >= 11 is 11.9. The number of hydrogen-bond acceptors (Lipinski definition) is 3. The van der Waals surface area contributed by atoms with Crippen molar-refractivity contribution in [3.05, 3.63) is 63.1 Å². The summed E-state index contributed by atoms with van der Waals surface area (Å²) in [6.07, 6.45) is 3.51. The van der Waals surface area contributed by atoms with Crippen molar-refractivity contribution in [2.45, 2.75) is 32.3 Å². The molecular weight excluding hydrogens is 359 g/mol. The van der Waals surface area contributed by atoms with Gasteiger partial charge in [-0.15, -0.1) is 0 Å². The molecule has 0 radical (unpaired) electrons. The molecule has 1 aliphatic rings. The lowest BCUT2D eigenvalue weighted by Gasteiger charge is -2.32. The van der Waals surface area contributed by atoms with E-state index in [0.29, 0.717) is 5.02 Å². The van der Waals surface area contributed by atoms with Gasteiger partial charge >= 0.3 is 0 Å². The van der Waals surface area contributed by atoms with Crippen LogP contribution in [-0.4, -0.2) is 17.7 Å². The molecule has 0 atom stereocenters. The van der Waals surface area contributed by atoms with Crippen molar-refractivity contribution in [1.82, 2.24) is 5.43 Å². The van der Waals surface area contributed by atoms with Crippen LogP contribution in [0.15, 0.2) is 41.5 Å². The Hall–Kier alpha value is -2.04. The molecule has 0 unspecified atom stereocenters. The van der Waals surface area contributed by atoms with E-state index in [9.17, 15) is 4.79 Å². The second-order valence-corrected chi connectivity index (χ2v) is 7.31. The topological polar surface area (TPSA) is 50.7 Å². The van der Waals surface area contributed by atoms with Gasteiger partial charge < -0.3 is 4.74 Å². The summed E-state index contributed by atoms with van der Waals surface area (Å²) in [7, 11) is 0. The number of aryl methyl sites for hydroxylation is 1. The van der Waals surface area contributed by atoms with Crippen LogP contribution in [0, 0.1) is 0 Å². The lowest BCUT2D eigenvalue weighted by Crippen LogP contribution is -2.32. The normalized spacial score (nSPS) is 15.5. The maximum Gasteiger partial charge on any atom is 0.272 e. The number of fused-ring (bicyclic) bond motifs is 1. The molecule has 0 aliphatic carbocycles. The number of ether oxygens (including phenoxy) is 1. The van der Waals surface area contributed by atoms with Gasteiger partial charge in [0.05, 0.1) is 21.8 Å². The number of amides is 1. The van der Waals surface area contributed by atoms with Crippen molar-refractivity contribution >= 4 is 35.3 Å². The van der Waals surface area contributed by atoms with Gasteiger partial charge in [0.1, 0.15) is 11.4 Å². The molecule has 6 heteroatoms. The Kier molecular flexibility index (Phi) is 5.02. The van der Waals surface area contributed by atoms with Gasteiger partial charge in [0.2, 0.25) is 0 Å². The van der Waals surface area contributed by atoms with Gasteiger partial charge in [0.15, 0.2) is 0 Å². The molecule has 2 aromatic rings. The van der Waals surface area contributed by atoms with E-state index >= 15 is 0 Å². The van der Waals surface area contributed by atoms with Crippen molar-refractivity contribution in [3.63, 3.8) is 0 Å². The van der Waals surface area contributed by atoms with Gasteiger partial charge in [-0.25, -0.2) is 5.43 Å². The summed E-state index contributed by atoms with van der Waals surface area (Å²) in [6, 6.07) is 10.7. The fraction of sp³-hybridized carbons (Fsp3) is 0.263. The van der Waals surface area contributed by atoms with E-state index in [2.05, 4.69) is 24.4 Å². The van der Waals surface area contributed by atoms with Crippen molar-refractivity contribution in [2.24, 2.45) is 5.10 Å². The average Bonchev–Trinajstić information content (AvgIpc) is 2.56. The largest absolute Gasteiger partial charge is 0.488 e. The second-order valence-electron chi connectivity index (χ2n) is 6.53. The number of nitrogens with one attached hydrogen (secondary N) is 1. The second kappa shape index (κ2) is 7.06. The number of halogens is 2. The first-order valence-corrected chi connectivity index (χ1v) is 8.71. The van der Waals surface area contributed by atoms with E-state index in [0.717, 1.165) is 29.7 Å². The highest BCUT2D eigenvalue weighted by Gasteiger charge is 2.26. The minimum atomic E-state index is -0.410. The van der Waals surface area contributed by atoms with Crippen LogP contribution in [0.1, 0.15) is 41.8 Å². The zero-order valence-corrected chi connectivity index (χ0v) is 15.5. The number of hydrogen-bond donors (Lipinski definition) is 1. The van der Waals surface area contributed by atoms with Gasteiger partial charge in [-0.1, -0.05) is 29.3 Å². The van der Waals surface area contributed by atoms with E-state index in [-0.39, 0.29) is 16.2 Å². The van der Waals surface area contributed by atoms with Crippen molar-refractivity contribution < 1.29 is 9.53 Å². The van der Waals surface area contributed by atoms with Gasteiger partial charge in [0, 0.05) is 0 Å². The van der Waals surface area contributed by atoms with Crippen LogP contribution in [0.25, 0.3) is 0 Å². The Morgan fingerprint density at radius 1 is 1.28 bits per heavy atom. The highest BCUT2D eigenvalue weighted by molar-refractivity contribution is 6.43. The summed E-state index contributed by atoms with van der Waals surface area (Å²) in [4.78, 5) is 12.1. The third kappa shape index (κ3) is 4.14. The van der Waals surface area contributed by atoms with Crippen LogP contribution >= 0.6 is 23.2 Å². The number of hydrazone groups is 1. The van der Waals surface area contributed by atoms with Crippen LogP contribution in [0.5, 0.6) is 5.75 Å².